The van der Waals surface area contributed by atoms with Crippen LogP contribution in [0.25, 0.3) is 0 Å². The van der Waals surface area contributed by atoms with Crippen LogP contribution in [0.5, 0.6) is 0 Å². The van der Waals surface area contributed by atoms with E-state index in [4.69, 9.17) is 10.5 Å². The molecule has 7 nitrogen and oxygen atoms in total. The van der Waals surface area contributed by atoms with Crippen LogP contribution < -0.4 is 11.1 Å². The SMILES string of the molecule is CC(C)(C)OC(=O)NC1=N[C@](C)(c2nc(N)ccc2F)C(F)(F)[C@@H](C(F)(F)F)O1. The number of nitrogen functional groups attached to an aromatic ring is 1. The molecule has 1 aliphatic rings. The van der Waals surface area contributed by atoms with Gasteiger partial charge in [0.05, 0.1) is 0 Å². The van der Waals surface area contributed by atoms with E-state index < -0.39 is 58.8 Å². The number of anilines is 1. The van der Waals surface area contributed by atoms with Gasteiger partial charge in [0.15, 0.2) is 5.54 Å². The van der Waals surface area contributed by atoms with E-state index in [1.54, 1.807) is 5.32 Å². The van der Waals surface area contributed by atoms with Crippen LogP contribution in [-0.2, 0) is 15.0 Å². The summed E-state index contributed by atoms with van der Waals surface area (Å²) in [4.78, 5) is 18.6. The predicted molar refractivity (Wildman–Crippen MR) is 88.6 cm³/mol. The molecule has 0 saturated heterocycles. The Hall–Kier alpha value is -2.73. The fourth-order valence-electron chi connectivity index (χ4n) is 2.48. The van der Waals surface area contributed by atoms with Gasteiger partial charge < -0.3 is 15.2 Å². The molecule has 0 spiro atoms. The summed E-state index contributed by atoms with van der Waals surface area (Å²) in [5.41, 5.74) is -0.0481. The number of halogens is 6. The first-order valence-electron chi connectivity index (χ1n) is 8.11. The number of nitrogens with two attached hydrogens (primary N) is 1. The molecule has 0 saturated carbocycles. The van der Waals surface area contributed by atoms with Gasteiger partial charge in [0.25, 0.3) is 12.1 Å². The molecule has 0 radical (unpaired) electrons. The first kappa shape index (κ1) is 22.6. The Morgan fingerprint density at radius 1 is 1.28 bits per heavy atom. The minimum absolute atomic E-state index is 0.426. The highest BCUT2D eigenvalue weighted by molar-refractivity contribution is 5.91. The average Bonchev–Trinajstić information content (AvgIpc) is 2.50. The Morgan fingerprint density at radius 3 is 2.38 bits per heavy atom. The lowest BCUT2D eigenvalue weighted by atomic mass is 9.84. The Labute approximate surface area is 161 Å². The van der Waals surface area contributed by atoms with Crippen molar-refractivity contribution in [2.45, 2.75) is 57.0 Å². The third-order valence-corrected chi connectivity index (χ3v) is 3.77. The average molecular weight is 428 g/mol. The number of aliphatic imine (C=N–C) groups is 1. The molecule has 1 amide bonds. The molecule has 0 fully saturated rings. The fraction of sp³-hybridized carbons (Fsp3) is 0.562. The number of amides is 1. The molecule has 0 aliphatic carbocycles. The summed E-state index contributed by atoms with van der Waals surface area (Å²) in [6.07, 6.45) is -10.7. The summed E-state index contributed by atoms with van der Waals surface area (Å²) >= 11 is 0. The van der Waals surface area contributed by atoms with Crippen molar-refractivity contribution >= 4 is 17.9 Å². The molecule has 2 atom stereocenters. The number of ether oxygens (including phenoxy) is 2. The van der Waals surface area contributed by atoms with Crippen molar-refractivity contribution in [1.82, 2.24) is 10.3 Å². The number of carbonyl (C=O) groups is 1. The standard InChI is InChI=1S/C16H18F6N4O3/c1-13(2,3)29-12(27)25-11-26-14(4,9-7(17)5-6-8(23)24-9)15(18,19)10(28-11)16(20,21)22/h5-6,10H,1-4H3,(H2,23,24)(H,25,26,27)/t10-,14+/m0/s1. The molecule has 1 aromatic rings. The highest BCUT2D eigenvalue weighted by atomic mass is 19.4. The van der Waals surface area contributed by atoms with Crippen molar-refractivity contribution in [3.05, 3.63) is 23.6 Å². The Bertz CT molecular complexity index is 837. The predicted octanol–water partition coefficient (Wildman–Crippen LogP) is 3.50. The lowest BCUT2D eigenvalue weighted by Gasteiger charge is -2.42. The summed E-state index contributed by atoms with van der Waals surface area (Å²) in [5.74, 6) is -6.61. The second kappa shape index (κ2) is 6.95. The van der Waals surface area contributed by atoms with Gasteiger partial charge in [-0.25, -0.2) is 24.5 Å². The second-order valence-electron chi connectivity index (χ2n) is 7.35. The number of pyridine rings is 1. The van der Waals surface area contributed by atoms with E-state index in [0.717, 1.165) is 6.07 Å². The third-order valence-electron chi connectivity index (χ3n) is 3.77. The first-order chi connectivity index (χ1) is 13.0. The van der Waals surface area contributed by atoms with Gasteiger partial charge in [-0.2, -0.15) is 22.0 Å². The molecular weight excluding hydrogens is 410 g/mol. The minimum atomic E-state index is -5.60. The lowest BCUT2D eigenvalue weighted by Crippen LogP contribution is -2.63. The summed E-state index contributed by atoms with van der Waals surface area (Å²) in [6, 6.07) is 0.358. The number of aromatic nitrogens is 1. The smallest absolute Gasteiger partial charge is 0.431 e. The number of amidine groups is 1. The van der Waals surface area contributed by atoms with Crippen LogP contribution in [0.15, 0.2) is 17.1 Å². The van der Waals surface area contributed by atoms with Gasteiger partial charge in [-0.3, -0.25) is 0 Å². The monoisotopic (exact) mass is 428 g/mol. The first-order valence-corrected chi connectivity index (χ1v) is 8.11. The van der Waals surface area contributed by atoms with E-state index in [1.165, 1.54) is 20.8 Å². The molecule has 0 bridgehead atoms. The lowest BCUT2D eigenvalue weighted by molar-refractivity contribution is -0.288. The number of nitrogens with zero attached hydrogens (tertiary/aromatic N) is 2. The Balaban J connectivity index is 2.61. The van der Waals surface area contributed by atoms with Crippen LogP contribution in [0.3, 0.4) is 0 Å². The Kier molecular flexibility index (Phi) is 5.41. The molecule has 162 valence electrons. The zero-order valence-corrected chi connectivity index (χ0v) is 15.7. The van der Waals surface area contributed by atoms with Crippen molar-refractivity contribution in [2.24, 2.45) is 4.99 Å². The van der Waals surface area contributed by atoms with Crippen molar-refractivity contribution in [1.29, 1.82) is 0 Å². The van der Waals surface area contributed by atoms with Crippen LogP contribution in [0, 0.1) is 5.82 Å². The maximum Gasteiger partial charge on any atom is 0.431 e. The zero-order valence-electron chi connectivity index (χ0n) is 15.7. The number of hydrogen-bond acceptors (Lipinski definition) is 6. The highest BCUT2D eigenvalue weighted by Crippen LogP contribution is 2.50. The normalized spacial score (nSPS) is 24.3. The number of hydrogen-bond donors (Lipinski definition) is 2. The van der Waals surface area contributed by atoms with Gasteiger partial charge in [-0.05, 0) is 39.8 Å². The molecule has 0 aromatic carbocycles. The number of alkyl carbamates (subject to hydrolysis) is 1. The van der Waals surface area contributed by atoms with Gasteiger partial charge in [0.2, 0.25) is 0 Å². The van der Waals surface area contributed by atoms with E-state index in [2.05, 4.69) is 14.7 Å². The van der Waals surface area contributed by atoms with Gasteiger partial charge in [0, 0.05) is 0 Å². The molecule has 3 N–H and O–H groups in total. The van der Waals surface area contributed by atoms with E-state index in [0.29, 0.717) is 13.0 Å². The van der Waals surface area contributed by atoms with Crippen molar-refractivity contribution < 1.29 is 40.6 Å². The summed E-state index contributed by atoms with van der Waals surface area (Å²) in [6.45, 7) is 4.90. The topological polar surface area (TPSA) is 98.8 Å². The Morgan fingerprint density at radius 2 is 1.86 bits per heavy atom. The molecular formula is C16H18F6N4O3. The molecule has 1 aromatic heterocycles. The zero-order chi connectivity index (χ0) is 22.4. The second-order valence-corrected chi connectivity index (χ2v) is 7.35. The number of nitrogens with one attached hydrogen (secondary N) is 1. The summed E-state index contributed by atoms with van der Waals surface area (Å²) in [7, 11) is 0. The molecule has 0 unspecified atom stereocenters. The van der Waals surface area contributed by atoms with Crippen LogP contribution in [0.2, 0.25) is 0 Å². The number of carbonyl (C=O) groups excluding carboxylic acids is 1. The van der Waals surface area contributed by atoms with E-state index in [-0.39, 0.29) is 0 Å². The van der Waals surface area contributed by atoms with Gasteiger partial charge in [-0.1, -0.05) is 0 Å². The van der Waals surface area contributed by atoms with Crippen molar-refractivity contribution in [2.75, 3.05) is 5.73 Å². The maximum absolute atomic E-state index is 14.8. The molecule has 1 aliphatic heterocycles. The third kappa shape index (κ3) is 4.48. The summed E-state index contributed by atoms with van der Waals surface area (Å²) in [5, 5.41) is 1.73. The van der Waals surface area contributed by atoms with Crippen LogP contribution >= 0.6 is 0 Å². The van der Waals surface area contributed by atoms with Gasteiger partial charge >= 0.3 is 18.2 Å². The molecule has 13 heteroatoms. The number of alkyl halides is 5. The number of rotatable bonds is 1. The summed E-state index contributed by atoms with van der Waals surface area (Å²) < 4.78 is 92.9. The molecule has 2 heterocycles. The molecule has 2 rings (SSSR count). The van der Waals surface area contributed by atoms with Crippen LogP contribution in [0.4, 0.5) is 37.0 Å². The maximum atomic E-state index is 14.8. The fourth-order valence-corrected chi connectivity index (χ4v) is 2.48. The largest absolute Gasteiger partial charge is 0.445 e. The van der Waals surface area contributed by atoms with Crippen LogP contribution in [0.1, 0.15) is 33.4 Å². The van der Waals surface area contributed by atoms with Gasteiger partial charge in [-0.15, -0.1) is 0 Å². The van der Waals surface area contributed by atoms with Gasteiger partial charge in [0.1, 0.15) is 22.9 Å². The van der Waals surface area contributed by atoms with E-state index >= 15 is 0 Å². The van der Waals surface area contributed by atoms with E-state index in [9.17, 15) is 31.1 Å². The quantitative estimate of drug-likeness (QED) is 0.668. The van der Waals surface area contributed by atoms with Crippen LogP contribution in [-0.4, -0.2) is 40.9 Å². The highest BCUT2D eigenvalue weighted by Gasteiger charge is 2.71. The minimum Gasteiger partial charge on any atom is -0.445 e. The van der Waals surface area contributed by atoms with E-state index in [1.807, 2.05) is 0 Å². The van der Waals surface area contributed by atoms with Crippen molar-refractivity contribution in [3.8, 4) is 0 Å². The molecule has 29 heavy (non-hydrogen) atoms. The van der Waals surface area contributed by atoms with Crippen molar-refractivity contribution in [3.63, 3.8) is 0 Å².